The zero-order valence-corrected chi connectivity index (χ0v) is 11.0. The highest BCUT2D eigenvalue weighted by molar-refractivity contribution is 5.83. The summed E-state index contributed by atoms with van der Waals surface area (Å²) in [7, 11) is 1.35. The summed E-state index contributed by atoms with van der Waals surface area (Å²) in [4.78, 5) is 12.0. The largest absolute Gasteiger partial charge is 0.508 e. The van der Waals surface area contributed by atoms with Gasteiger partial charge in [0.05, 0.1) is 7.11 Å². The van der Waals surface area contributed by atoms with Gasteiger partial charge < -0.3 is 9.84 Å². The quantitative estimate of drug-likeness (QED) is 0.859. The summed E-state index contributed by atoms with van der Waals surface area (Å²) in [6, 6.07) is 14.5. The fourth-order valence-corrected chi connectivity index (χ4v) is 2.11. The molecule has 98 valence electrons. The predicted molar refractivity (Wildman–Crippen MR) is 73.1 cm³/mol. The van der Waals surface area contributed by atoms with Crippen LogP contribution in [0.1, 0.15) is 22.6 Å². The molecule has 2 aromatic carbocycles. The standard InChI is InChI=1S/C16H16O3/c1-11-8-9-14(17)13(10-11)15(16(18)19-2)12-6-4-3-5-7-12/h3-10,15,17H,1-2H3. The van der Waals surface area contributed by atoms with E-state index in [1.54, 1.807) is 12.1 Å². The van der Waals surface area contributed by atoms with Gasteiger partial charge in [-0.2, -0.15) is 0 Å². The number of hydrogen-bond donors (Lipinski definition) is 1. The number of phenolic OH excluding ortho intramolecular Hbond substituents is 1. The summed E-state index contributed by atoms with van der Waals surface area (Å²) in [6.45, 7) is 1.92. The van der Waals surface area contributed by atoms with E-state index in [1.165, 1.54) is 7.11 Å². The molecule has 0 aliphatic carbocycles. The van der Waals surface area contributed by atoms with Crippen LogP contribution in [0.2, 0.25) is 0 Å². The molecule has 1 N–H and O–H groups in total. The minimum Gasteiger partial charge on any atom is -0.508 e. The molecule has 1 atom stereocenters. The van der Waals surface area contributed by atoms with E-state index in [-0.39, 0.29) is 11.7 Å². The predicted octanol–water partition coefficient (Wildman–Crippen LogP) is 3.01. The van der Waals surface area contributed by atoms with Gasteiger partial charge in [-0.1, -0.05) is 48.0 Å². The van der Waals surface area contributed by atoms with Gasteiger partial charge in [-0.15, -0.1) is 0 Å². The first-order valence-electron chi connectivity index (χ1n) is 6.05. The van der Waals surface area contributed by atoms with E-state index in [0.29, 0.717) is 5.56 Å². The van der Waals surface area contributed by atoms with E-state index in [2.05, 4.69) is 0 Å². The van der Waals surface area contributed by atoms with Crippen molar-refractivity contribution in [2.24, 2.45) is 0 Å². The molecule has 0 aliphatic rings. The molecule has 0 heterocycles. The molecular formula is C16H16O3. The van der Waals surface area contributed by atoms with Gasteiger partial charge in [0, 0.05) is 5.56 Å². The normalized spacial score (nSPS) is 11.9. The fourth-order valence-electron chi connectivity index (χ4n) is 2.11. The highest BCUT2D eigenvalue weighted by Gasteiger charge is 2.26. The average Bonchev–Trinajstić information content (AvgIpc) is 2.44. The summed E-state index contributed by atoms with van der Waals surface area (Å²) < 4.78 is 4.87. The maximum atomic E-state index is 12.0. The van der Waals surface area contributed by atoms with Gasteiger partial charge >= 0.3 is 5.97 Å². The Labute approximate surface area is 112 Å². The molecule has 0 bridgehead atoms. The van der Waals surface area contributed by atoms with Crippen molar-refractivity contribution in [2.45, 2.75) is 12.8 Å². The van der Waals surface area contributed by atoms with Crippen LogP contribution >= 0.6 is 0 Å². The second-order valence-corrected chi connectivity index (χ2v) is 4.43. The summed E-state index contributed by atoms with van der Waals surface area (Å²) in [5, 5.41) is 10.0. The van der Waals surface area contributed by atoms with Crippen molar-refractivity contribution in [2.75, 3.05) is 7.11 Å². The summed E-state index contributed by atoms with van der Waals surface area (Å²) >= 11 is 0. The Bertz CT molecular complexity index is 576. The van der Waals surface area contributed by atoms with Gasteiger partial charge in [-0.25, -0.2) is 0 Å². The Morgan fingerprint density at radius 2 is 1.84 bits per heavy atom. The molecule has 3 nitrogen and oxygen atoms in total. The SMILES string of the molecule is COC(=O)C(c1ccccc1)c1cc(C)ccc1O. The van der Waals surface area contributed by atoms with Gasteiger partial charge in [0.25, 0.3) is 0 Å². The minimum absolute atomic E-state index is 0.102. The van der Waals surface area contributed by atoms with E-state index in [4.69, 9.17) is 4.74 Å². The maximum Gasteiger partial charge on any atom is 0.317 e. The minimum atomic E-state index is -0.605. The van der Waals surface area contributed by atoms with E-state index in [1.807, 2.05) is 43.3 Å². The Hall–Kier alpha value is -2.29. The van der Waals surface area contributed by atoms with Crippen LogP contribution in [0.3, 0.4) is 0 Å². The van der Waals surface area contributed by atoms with Crippen molar-refractivity contribution >= 4 is 5.97 Å². The molecule has 0 aliphatic heterocycles. The molecule has 3 heteroatoms. The number of esters is 1. The molecule has 0 spiro atoms. The molecule has 0 aromatic heterocycles. The molecule has 0 saturated carbocycles. The van der Waals surface area contributed by atoms with E-state index in [0.717, 1.165) is 11.1 Å². The lowest BCUT2D eigenvalue weighted by Crippen LogP contribution is -2.16. The average molecular weight is 256 g/mol. The van der Waals surface area contributed by atoms with Crippen LogP contribution in [0.5, 0.6) is 5.75 Å². The summed E-state index contributed by atoms with van der Waals surface area (Å²) in [5.41, 5.74) is 2.35. The number of methoxy groups -OCH3 is 1. The zero-order valence-electron chi connectivity index (χ0n) is 11.0. The maximum absolute atomic E-state index is 12.0. The first kappa shape index (κ1) is 13.1. The lowest BCUT2D eigenvalue weighted by molar-refractivity contribution is -0.141. The molecule has 19 heavy (non-hydrogen) atoms. The molecule has 0 fully saturated rings. The Kier molecular flexibility index (Phi) is 3.85. The number of phenols is 1. The summed E-state index contributed by atoms with van der Waals surface area (Å²) in [6.07, 6.45) is 0. The zero-order chi connectivity index (χ0) is 13.8. The highest BCUT2D eigenvalue weighted by Crippen LogP contribution is 2.32. The molecular weight excluding hydrogens is 240 g/mol. The van der Waals surface area contributed by atoms with Gasteiger partial charge in [0.15, 0.2) is 0 Å². The number of aromatic hydroxyl groups is 1. The van der Waals surface area contributed by atoms with Crippen LogP contribution in [-0.4, -0.2) is 18.2 Å². The number of ether oxygens (including phenoxy) is 1. The van der Waals surface area contributed by atoms with Crippen molar-refractivity contribution in [3.63, 3.8) is 0 Å². The van der Waals surface area contributed by atoms with Crippen LogP contribution < -0.4 is 0 Å². The van der Waals surface area contributed by atoms with Crippen molar-refractivity contribution < 1.29 is 14.6 Å². The Morgan fingerprint density at radius 1 is 1.16 bits per heavy atom. The number of aryl methyl sites for hydroxylation is 1. The lowest BCUT2D eigenvalue weighted by Gasteiger charge is -2.17. The third-order valence-corrected chi connectivity index (χ3v) is 3.06. The smallest absolute Gasteiger partial charge is 0.317 e. The van der Waals surface area contributed by atoms with Gasteiger partial charge in [0.1, 0.15) is 11.7 Å². The number of benzene rings is 2. The molecule has 0 saturated heterocycles. The third kappa shape index (κ3) is 2.76. The van der Waals surface area contributed by atoms with E-state index in [9.17, 15) is 9.90 Å². The van der Waals surface area contributed by atoms with E-state index >= 15 is 0 Å². The second-order valence-electron chi connectivity index (χ2n) is 4.43. The van der Waals surface area contributed by atoms with Gasteiger partial charge in [-0.3, -0.25) is 4.79 Å². The van der Waals surface area contributed by atoms with Crippen LogP contribution in [0, 0.1) is 6.92 Å². The van der Waals surface area contributed by atoms with Gasteiger partial charge in [0.2, 0.25) is 0 Å². The molecule has 1 unspecified atom stereocenters. The van der Waals surface area contributed by atoms with E-state index < -0.39 is 5.92 Å². The van der Waals surface area contributed by atoms with Crippen LogP contribution in [0.25, 0.3) is 0 Å². The molecule has 2 aromatic rings. The Morgan fingerprint density at radius 3 is 2.47 bits per heavy atom. The summed E-state index contributed by atoms with van der Waals surface area (Å²) in [5.74, 6) is -0.886. The first-order chi connectivity index (χ1) is 9.13. The highest BCUT2D eigenvalue weighted by atomic mass is 16.5. The topological polar surface area (TPSA) is 46.5 Å². The van der Waals surface area contributed by atoms with Gasteiger partial charge in [-0.05, 0) is 18.6 Å². The van der Waals surface area contributed by atoms with Crippen LogP contribution in [0.4, 0.5) is 0 Å². The van der Waals surface area contributed by atoms with Crippen LogP contribution in [0.15, 0.2) is 48.5 Å². The lowest BCUT2D eigenvalue weighted by atomic mass is 9.90. The first-order valence-corrected chi connectivity index (χ1v) is 6.05. The van der Waals surface area contributed by atoms with Crippen molar-refractivity contribution in [3.05, 3.63) is 65.2 Å². The van der Waals surface area contributed by atoms with Crippen molar-refractivity contribution in [3.8, 4) is 5.75 Å². The fraction of sp³-hybridized carbons (Fsp3) is 0.188. The molecule has 0 radical (unpaired) electrons. The number of hydrogen-bond acceptors (Lipinski definition) is 3. The number of carbonyl (C=O) groups excluding carboxylic acids is 1. The van der Waals surface area contributed by atoms with Crippen molar-refractivity contribution in [1.82, 2.24) is 0 Å². The Balaban J connectivity index is 2.55. The molecule has 2 rings (SSSR count). The van der Waals surface area contributed by atoms with Crippen LogP contribution in [-0.2, 0) is 9.53 Å². The monoisotopic (exact) mass is 256 g/mol. The number of rotatable bonds is 3. The second kappa shape index (κ2) is 5.57. The van der Waals surface area contributed by atoms with Crippen molar-refractivity contribution in [1.29, 1.82) is 0 Å². The molecule has 0 amide bonds. The third-order valence-electron chi connectivity index (χ3n) is 3.06. The number of carbonyl (C=O) groups is 1.